The quantitative estimate of drug-likeness (QED) is 0.597. The highest BCUT2D eigenvalue weighted by atomic mass is 16.5. The van der Waals surface area contributed by atoms with E-state index in [1.807, 2.05) is 24.3 Å². The minimum Gasteiger partial charge on any atom is -0.494 e. The maximum absolute atomic E-state index is 8.59. The first-order valence-corrected chi connectivity index (χ1v) is 6.30. The molecule has 0 amide bonds. The highest BCUT2D eigenvalue weighted by Gasteiger charge is 1.95. The second-order valence-corrected chi connectivity index (χ2v) is 4.01. The molecule has 1 aromatic rings. The van der Waals surface area contributed by atoms with Crippen LogP contribution in [0.2, 0.25) is 0 Å². The number of unbranched alkanes of at least 4 members (excludes halogenated alkanes) is 2. The van der Waals surface area contributed by atoms with Crippen molar-refractivity contribution in [3.8, 4) is 17.9 Å². The molecular formula is C15H17N3O. The Balaban J connectivity index is 2.46. The summed E-state index contributed by atoms with van der Waals surface area (Å²) < 4.78 is 5.58. The van der Waals surface area contributed by atoms with Crippen LogP contribution < -0.4 is 10.1 Å². The molecule has 0 aliphatic carbocycles. The summed E-state index contributed by atoms with van der Waals surface area (Å²) in [7, 11) is 0. The third-order valence-electron chi connectivity index (χ3n) is 2.50. The number of anilines is 1. The maximum atomic E-state index is 8.59. The molecule has 0 aliphatic heterocycles. The van der Waals surface area contributed by atoms with Gasteiger partial charge in [0.2, 0.25) is 0 Å². The molecule has 1 aromatic carbocycles. The number of hydrogen-bond donors (Lipinski definition) is 1. The van der Waals surface area contributed by atoms with Crippen molar-refractivity contribution < 1.29 is 4.74 Å². The lowest BCUT2D eigenvalue weighted by atomic mass is 10.2. The average molecular weight is 255 g/mol. The van der Waals surface area contributed by atoms with Gasteiger partial charge in [-0.15, -0.1) is 0 Å². The first-order valence-electron chi connectivity index (χ1n) is 6.30. The second-order valence-electron chi connectivity index (χ2n) is 4.01. The van der Waals surface area contributed by atoms with E-state index in [1.165, 1.54) is 19.0 Å². The van der Waals surface area contributed by atoms with Gasteiger partial charge in [-0.2, -0.15) is 10.5 Å². The fraction of sp³-hybridized carbons (Fsp3) is 0.333. The zero-order chi connectivity index (χ0) is 13.9. The van der Waals surface area contributed by atoms with Gasteiger partial charge >= 0.3 is 0 Å². The Morgan fingerprint density at radius 1 is 1.21 bits per heavy atom. The van der Waals surface area contributed by atoms with Crippen molar-refractivity contribution in [1.82, 2.24) is 0 Å². The predicted molar refractivity (Wildman–Crippen MR) is 74.4 cm³/mol. The number of benzene rings is 1. The summed E-state index contributed by atoms with van der Waals surface area (Å²) in [6.45, 7) is 2.89. The summed E-state index contributed by atoms with van der Waals surface area (Å²) in [4.78, 5) is 0. The molecule has 0 saturated carbocycles. The van der Waals surface area contributed by atoms with Gasteiger partial charge in [-0.1, -0.05) is 19.8 Å². The van der Waals surface area contributed by atoms with Gasteiger partial charge < -0.3 is 10.1 Å². The zero-order valence-electron chi connectivity index (χ0n) is 11.0. The lowest BCUT2D eigenvalue weighted by Crippen LogP contribution is -1.97. The third-order valence-corrected chi connectivity index (χ3v) is 2.50. The molecule has 0 atom stereocenters. The summed E-state index contributed by atoms with van der Waals surface area (Å²) >= 11 is 0. The molecule has 0 fully saturated rings. The van der Waals surface area contributed by atoms with Gasteiger partial charge in [-0.3, -0.25) is 0 Å². The molecule has 0 aliphatic rings. The SMILES string of the molecule is CCCCCOc1ccc(NC=C(C#N)C#N)cc1. The Labute approximate surface area is 113 Å². The smallest absolute Gasteiger partial charge is 0.145 e. The van der Waals surface area contributed by atoms with Crippen LogP contribution in [0.1, 0.15) is 26.2 Å². The van der Waals surface area contributed by atoms with Gasteiger partial charge in [0, 0.05) is 11.9 Å². The second kappa shape index (κ2) is 8.60. The molecule has 4 nitrogen and oxygen atoms in total. The molecule has 0 radical (unpaired) electrons. The summed E-state index contributed by atoms with van der Waals surface area (Å²) in [5.41, 5.74) is 0.851. The Hall–Kier alpha value is -2.46. The predicted octanol–water partition coefficient (Wildman–Crippen LogP) is 3.60. The van der Waals surface area contributed by atoms with Gasteiger partial charge in [-0.25, -0.2) is 0 Å². The summed E-state index contributed by atoms with van der Waals surface area (Å²) in [5, 5.41) is 20.1. The lowest BCUT2D eigenvalue weighted by Gasteiger charge is -2.06. The average Bonchev–Trinajstić information content (AvgIpc) is 2.46. The largest absolute Gasteiger partial charge is 0.494 e. The van der Waals surface area contributed by atoms with Crippen LogP contribution in [0.15, 0.2) is 36.0 Å². The van der Waals surface area contributed by atoms with Crippen molar-refractivity contribution in [3.63, 3.8) is 0 Å². The summed E-state index contributed by atoms with van der Waals surface area (Å²) in [6.07, 6.45) is 4.80. The highest BCUT2D eigenvalue weighted by Crippen LogP contribution is 2.16. The molecule has 0 aromatic heterocycles. The molecular weight excluding hydrogens is 238 g/mol. The van der Waals surface area contributed by atoms with Crippen LogP contribution >= 0.6 is 0 Å². The van der Waals surface area contributed by atoms with Crippen LogP contribution in [0.5, 0.6) is 5.75 Å². The van der Waals surface area contributed by atoms with Gasteiger partial charge in [0.1, 0.15) is 23.5 Å². The molecule has 4 heteroatoms. The van der Waals surface area contributed by atoms with Gasteiger partial charge in [-0.05, 0) is 30.7 Å². The first kappa shape index (κ1) is 14.6. The topological polar surface area (TPSA) is 68.8 Å². The molecule has 98 valence electrons. The van der Waals surface area contributed by atoms with Crippen LogP contribution in [0.3, 0.4) is 0 Å². The van der Waals surface area contributed by atoms with E-state index in [0.29, 0.717) is 0 Å². The number of allylic oxidation sites excluding steroid dienone is 1. The van der Waals surface area contributed by atoms with Crippen molar-refractivity contribution in [1.29, 1.82) is 10.5 Å². The minimum atomic E-state index is 0.0416. The van der Waals surface area contributed by atoms with Crippen LogP contribution in [-0.2, 0) is 0 Å². The maximum Gasteiger partial charge on any atom is 0.145 e. The number of rotatable bonds is 7. The van der Waals surface area contributed by atoms with Crippen molar-refractivity contribution >= 4 is 5.69 Å². The Kier molecular flexibility index (Phi) is 6.61. The van der Waals surface area contributed by atoms with Crippen LogP contribution in [-0.4, -0.2) is 6.61 Å². The molecule has 0 heterocycles. The number of nitriles is 2. The van der Waals surface area contributed by atoms with E-state index in [4.69, 9.17) is 15.3 Å². The van der Waals surface area contributed by atoms with Gasteiger partial charge in [0.05, 0.1) is 6.61 Å². The zero-order valence-corrected chi connectivity index (χ0v) is 11.0. The number of nitrogens with one attached hydrogen (secondary N) is 1. The highest BCUT2D eigenvalue weighted by molar-refractivity contribution is 5.51. The standard InChI is InChI=1S/C15H17N3O/c1-2-3-4-9-19-15-7-5-14(6-8-15)18-12-13(10-16)11-17/h5-8,12,18H,2-4,9H2,1H3. The Bertz CT molecular complexity index is 476. The lowest BCUT2D eigenvalue weighted by molar-refractivity contribution is 0.306. The summed E-state index contributed by atoms with van der Waals surface area (Å²) in [6, 6.07) is 11.0. The Morgan fingerprint density at radius 3 is 2.47 bits per heavy atom. The minimum absolute atomic E-state index is 0.0416. The van der Waals surface area contributed by atoms with E-state index in [2.05, 4.69) is 12.2 Å². The van der Waals surface area contributed by atoms with Gasteiger partial charge in [0.15, 0.2) is 0 Å². The number of nitrogens with zero attached hydrogens (tertiary/aromatic N) is 2. The Morgan fingerprint density at radius 2 is 1.89 bits per heavy atom. The molecule has 1 rings (SSSR count). The normalized spacial score (nSPS) is 9.00. The van der Waals surface area contributed by atoms with Crippen molar-refractivity contribution in [2.24, 2.45) is 0 Å². The summed E-state index contributed by atoms with van der Waals surface area (Å²) in [5.74, 6) is 0.825. The third kappa shape index (κ3) is 5.61. The molecule has 0 spiro atoms. The van der Waals surface area contributed by atoms with E-state index in [1.54, 1.807) is 12.1 Å². The fourth-order valence-electron chi connectivity index (χ4n) is 1.43. The van der Waals surface area contributed by atoms with E-state index in [9.17, 15) is 0 Å². The molecule has 0 saturated heterocycles. The monoisotopic (exact) mass is 255 g/mol. The number of hydrogen-bond acceptors (Lipinski definition) is 4. The van der Waals surface area contributed by atoms with Crippen LogP contribution in [0.25, 0.3) is 0 Å². The van der Waals surface area contributed by atoms with Crippen molar-refractivity contribution in [2.75, 3.05) is 11.9 Å². The molecule has 0 unspecified atom stereocenters. The van der Waals surface area contributed by atoms with Crippen LogP contribution in [0, 0.1) is 22.7 Å². The van der Waals surface area contributed by atoms with E-state index in [0.717, 1.165) is 24.5 Å². The van der Waals surface area contributed by atoms with Crippen molar-refractivity contribution in [3.05, 3.63) is 36.0 Å². The van der Waals surface area contributed by atoms with Crippen LogP contribution in [0.4, 0.5) is 5.69 Å². The van der Waals surface area contributed by atoms with E-state index in [-0.39, 0.29) is 5.57 Å². The first-order chi connectivity index (χ1) is 9.30. The fourth-order valence-corrected chi connectivity index (χ4v) is 1.43. The molecule has 19 heavy (non-hydrogen) atoms. The van der Waals surface area contributed by atoms with E-state index < -0.39 is 0 Å². The molecule has 1 N–H and O–H groups in total. The van der Waals surface area contributed by atoms with E-state index >= 15 is 0 Å². The van der Waals surface area contributed by atoms with Crippen molar-refractivity contribution in [2.45, 2.75) is 26.2 Å². The number of ether oxygens (including phenoxy) is 1. The molecule has 0 bridgehead atoms. The van der Waals surface area contributed by atoms with Gasteiger partial charge in [0.25, 0.3) is 0 Å².